The summed E-state index contributed by atoms with van der Waals surface area (Å²) in [6.07, 6.45) is 4.26. The van der Waals surface area contributed by atoms with E-state index in [1.54, 1.807) is 42.7 Å². The van der Waals surface area contributed by atoms with Crippen LogP contribution in [-0.4, -0.2) is 17.4 Å². The van der Waals surface area contributed by atoms with Gasteiger partial charge in [0.2, 0.25) is 0 Å². The molecule has 0 aliphatic rings. The molecule has 0 aliphatic heterocycles. The molecule has 0 unspecified atom stereocenters. The molecule has 0 fully saturated rings. The number of hydrogen-bond acceptors (Lipinski definition) is 3. The maximum atomic E-state index is 12.1. The van der Waals surface area contributed by atoms with Gasteiger partial charge in [0.1, 0.15) is 0 Å². The van der Waals surface area contributed by atoms with E-state index in [1.165, 1.54) is 0 Å². The van der Waals surface area contributed by atoms with Crippen molar-refractivity contribution in [1.29, 1.82) is 0 Å². The van der Waals surface area contributed by atoms with E-state index in [9.17, 15) is 4.79 Å². The van der Waals surface area contributed by atoms with Crippen LogP contribution in [0.2, 0.25) is 5.02 Å². The molecule has 4 nitrogen and oxygen atoms in total. The van der Waals surface area contributed by atoms with Gasteiger partial charge in [0.25, 0.3) is 5.91 Å². The highest BCUT2D eigenvalue weighted by atomic mass is 35.5. The van der Waals surface area contributed by atoms with Crippen LogP contribution in [-0.2, 0) is 0 Å². The Balaban J connectivity index is 2.06. The summed E-state index contributed by atoms with van der Waals surface area (Å²) in [7, 11) is 0. The van der Waals surface area contributed by atoms with Crippen LogP contribution in [0.4, 0.5) is 11.4 Å². The Morgan fingerprint density at radius 3 is 2.65 bits per heavy atom. The largest absolute Gasteiger partial charge is 0.384 e. The average Bonchev–Trinajstić information content (AvgIpc) is 2.48. The van der Waals surface area contributed by atoms with E-state index in [4.69, 9.17) is 11.6 Å². The SMILES string of the molecule is CCCNc1cncc(C(=O)Nc2ccc(Cl)cc2)c1. The maximum Gasteiger partial charge on any atom is 0.257 e. The summed E-state index contributed by atoms with van der Waals surface area (Å²) in [4.78, 5) is 16.2. The van der Waals surface area contributed by atoms with Crippen LogP contribution < -0.4 is 10.6 Å². The zero-order valence-corrected chi connectivity index (χ0v) is 11.9. The van der Waals surface area contributed by atoms with Gasteiger partial charge in [-0.2, -0.15) is 0 Å². The highest BCUT2D eigenvalue weighted by Crippen LogP contribution is 2.15. The standard InChI is InChI=1S/C15H16ClN3O/c1-2-7-18-14-8-11(9-17-10-14)15(20)19-13-5-3-12(16)4-6-13/h3-6,8-10,18H,2,7H2,1H3,(H,19,20). The van der Waals surface area contributed by atoms with Crippen molar-refractivity contribution in [2.24, 2.45) is 0 Å². The van der Waals surface area contributed by atoms with E-state index in [1.807, 2.05) is 0 Å². The van der Waals surface area contributed by atoms with Gasteiger partial charge in [0, 0.05) is 29.6 Å². The minimum Gasteiger partial charge on any atom is -0.384 e. The first-order valence-electron chi connectivity index (χ1n) is 6.45. The molecule has 0 radical (unpaired) electrons. The second-order valence-electron chi connectivity index (χ2n) is 4.35. The van der Waals surface area contributed by atoms with Gasteiger partial charge in [-0.3, -0.25) is 9.78 Å². The summed E-state index contributed by atoms with van der Waals surface area (Å²) >= 11 is 5.80. The molecule has 0 saturated carbocycles. The number of pyridine rings is 1. The van der Waals surface area contributed by atoms with Crippen molar-refractivity contribution in [3.8, 4) is 0 Å². The van der Waals surface area contributed by atoms with Gasteiger partial charge >= 0.3 is 0 Å². The number of nitrogens with zero attached hydrogens (tertiary/aromatic N) is 1. The maximum absolute atomic E-state index is 12.1. The quantitative estimate of drug-likeness (QED) is 0.880. The van der Waals surface area contributed by atoms with Crippen molar-refractivity contribution in [3.05, 3.63) is 53.3 Å². The van der Waals surface area contributed by atoms with Crippen LogP contribution in [0, 0.1) is 0 Å². The number of carbonyl (C=O) groups excluding carboxylic acids is 1. The van der Waals surface area contributed by atoms with E-state index < -0.39 is 0 Å². The summed E-state index contributed by atoms with van der Waals surface area (Å²) in [6.45, 7) is 2.93. The minimum atomic E-state index is -0.194. The zero-order chi connectivity index (χ0) is 14.4. The fraction of sp³-hybridized carbons (Fsp3) is 0.200. The summed E-state index contributed by atoms with van der Waals surface area (Å²) in [5.41, 5.74) is 2.06. The number of anilines is 2. The van der Waals surface area contributed by atoms with Crippen LogP contribution in [0.3, 0.4) is 0 Å². The smallest absolute Gasteiger partial charge is 0.257 e. The molecule has 0 bridgehead atoms. The molecular weight excluding hydrogens is 274 g/mol. The molecule has 5 heteroatoms. The van der Waals surface area contributed by atoms with Gasteiger partial charge in [0.15, 0.2) is 0 Å². The van der Waals surface area contributed by atoms with E-state index in [-0.39, 0.29) is 5.91 Å². The van der Waals surface area contributed by atoms with E-state index >= 15 is 0 Å². The van der Waals surface area contributed by atoms with Gasteiger partial charge in [-0.05, 0) is 36.8 Å². The zero-order valence-electron chi connectivity index (χ0n) is 11.2. The Kier molecular flexibility index (Phi) is 4.96. The molecule has 1 aromatic heterocycles. The molecule has 0 atom stereocenters. The van der Waals surface area contributed by atoms with Crippen molar-refractivity contribution in [1.82, 2.24) is 4.98 Å². The third-order valence-electron chi connectivity index (χ3n) is 2.68. The predicted octanol–water partition coefficient (Wildman–Crippen LogP) is 3.81. The van der Waals surface area contributed by atoms with Crippen LogP contribution in [0.5, 0.6) is 0 Å². The number of halogens is 1. The van der Waals surface area contributed by atoms with E-state index in [0.717, 1.165) is 18.7 Å². The highest BCUT2D eigenvalue weighted by molar-refractivity contribution is 6.30. The average molecular weight is 290 g/mol. The monoisotopic (exact) mass is 289 g/mol. The number of hydrogen-bond donors (Lipinski definition) is 2. The van der Waals surface area contributed by atoms with Crippen LogP contribution in [0.15, 0.2) is 42.7 Å². The van der Waals surface area contributed by atoms with Crippen molar-refractivity contribution < 1.29 is 4.79 Å². The first-order valence-corrected chi connectivity index (χ1v) is 6.82. The molecule has 1 heterocycles. The van der Waals surface area contributed by atoms with Gasteiger partial charge in [-0.1, -0.05) is 18.5 Å². The summed E-state index contributed by atoms with van der Waals surface area (Å²) < 4.78 is 0. The Hall–Kier alpha value is -2.07. The molecule has 0 saturated heterocycles. The van der Waals surface area contributed by atoms with Crippen molar-refractivity contribution in [2.75, 3.05) is 17.2 Å². The van der Waals surface area contributed by atoms with Crippen LogP contribution >= 0.6 is 11.6 Å². The van der Waals surface area contributed by atoms with Crippen molar-refractivity contribution in [2.45, 2.75) is 13.3 Å². The molecule has 1 amide bonds. The van der Waals surface area contributed by atoms with E-state index in [0.29, 0.717) is 16.3 Å². The third kappa shape index (κ3) is 3.96. The van der Waals surface area contributed by atoms with Crippen LogP contribution in [0.1, 0.15) is 23.7 Å². The molecular formula is C15H16ClN3O. The lowest BCUT2D eigenvalue weighted by Gasteiger charge is -2.08. The second kappa shape index (κ2) is 6.91. The summed E-state index contributed by atoms with van der Waals surface area (Å²) in [5.74, 6) is -0.194. The lowest BCUT2D eigenvalue weighted by molar-refractivity contribution is 0.102. The number of rotatable bonds is 5. The molecule has 2 rings (SSSR count). The first-order chi connectivity index (χ1) is 9.69. The second-order valence-corrected chi connectivity index (χ2v) is 4.79. The number of amides is 1. The molecule has 2 N–H and O–H groups in total. The topological polar surface area (TPSA) is 54.0 Å². The predicted molar refractivity (Wildman–Crippen MR) is 82.4 cm³/mol. The Morgan fingerprint density at radius 2 is 1.95 bits per heavy atom. The molecule has 0 spiro atoms. The van der Waals surface area contributed by atoms with Crippen molar-refractivity contribution in [3.63, 3.8) is 0 Å². The number of benzene rings is 1. The van der Waals surface area contributed by atoms with E-state index in [2.05, 4.69) is 22.5 Å². The fourth-order valence-corrected chi connectivity index (χ4v) is 1.79. The Labute approximate surface area is 123 Å². The van der Waals surface area contributed by atoms with Crippen LogP contribution in [0.25, 0.3) is 0 Å². The molecule has 20 heavy (non-hydrogen) atoms. The number of nitrogens with one attached hydrogen (secondary N) is 2. The lowest BCUT2D eigenvalue weighted by Crippen LogP contribution is -2.12. The number of aromatic nitrogens is 1. The Morgan fingerprint density at radius 1 is 1.20 bits per heavy atom. The first kappa shape index (κ1) is 14.3. The Bertz CT molecular complexity index is 584. The number of carbonyl (C=O) groups is 1. The molecule has 2 aromatic rings. The molecule has 104 valence electrons. The summed E-state index contributed by atoms with van der Waals surface area (Å²) in [6, 6.07) is 8.76. The van der Waals surface area contributed by atoms with Crippen molar-refractivity contribution >= 4 is 28.9 Å². The highest BCUT2D eigenvalue weighted by Gasteiger charge is 2.07. The fourth-order valence-electron chi connectivity index (χ4n) is 1.67. The van der Waals surface area contributed by atoms with Gasteiger partial charge in [0.05, 0.1) is 11.3 Å². The summed E-state index contributed by atoms with van der Waals surface area (Å²) in [5, 5.41) is 6.64. The van der Waals surface area contributed by atoms with Gasteiger partial charge in [-0.25, -0.2) is 0 Å². The third-order valence-corrected chi connectivity index (χ3v) is 2.93. The minimum absolute atomic E-state index is 0.194. The van der Waals surface area contributed by atoms with Gasteiger partial charge in [-0.15, -0.1) is 0 Å². The normalized spacial score (nSPS) is 10.1. The molecule has 1 aromatic carbocycles. The van der Waals surface area contributed by atoms with Gasteiger partial charge < -0.3 is 10.6 Å². The molecule has 0 aliphatic carbocycles. The lowest BCUT2D eigenvalue weighted by atomic mass is 10.2.